The Morgan fingerprint density at radius 1 is 0.783 bits per heavy atom. The van der Waals surface area contributed by atoms with Crippen LogP contribution in [0.4, 0.5) is 0 Å². The van der Waals surface area contributed by atoms with Gasteiger partial charge in [0.1, 0.15) is 5.76 Å². The molecule has 112 valence electrons. The average molecular weight is 302 g/mol. The number of rotatable bonds is 2. The van der Waals surface area contributed by atoms with Crippen LogP contribution in [0.3, 0.4) is 0 Å². The Kier molecular flexibility index (Phi) is 3.01. The molecule has 0 N–H and O–H groups in total. The lowest BCUT2D eigenvalue weighted by atomic mass is 9.98. The number of Topliss-reactive ketones (excluding diaryl/α,β-unsaturated/α-hetero) is 2. The lowest BCUT2D eigenvalue weighted by Crippen LogP contribution is -2.03. The average Bonchev–Trinajstić information content (AvgIpc) is 3.05. The molecule has 0 fully saturated rings. The quantitative estimate of drug-likeness (QED) is 0.624. The molecule has 0 spiro atoms. The first kappa shape index (κ1) is 13.7. The lowest BCUT2D eigenvalue weighted by Gasteiger charge is -2.05. The van der Waals surface area contributed by atoms with Gasteiger partial charge in [-0.05, 0) is 18.6 Å². The van der Waals surface area contributed by atoms with Crippen LogP contribution in [-0.4, -0.2) is 18.2 Å². The maximum absolute atomic E-state index is 12.7. The van der Waals surface area contributed by atoms with Crippen LogP contribution in [0.5, 0.6) is 0 Å². The van der Waals surface area contributed by atoms with Crippen molar-refractivity contribution in [1.29, 1.82) is 0 Å². The van der Waals surface area contributed by atoms with Gasteiger partial charge in [0.2, 0.25) is 0 Å². The van der Waals surface area contributed by atoms with Crippen LogP contribution >= 0.6 is 0 Å². The van der Waals surface area contributed by atoms with E-state index in [4.69, 9.17) is 4.74 Å². The second-order valence-corrected chi connectivity index (χ2v) is 5.48. The summed E-state index contributed by atoms with van der Waals surface area (Å²) in [6.07, 6.45) is 1.81. The van der Waals surface area contributed by atoms with E-state index in [-0.39, 0.29) is 17.1 Å². The molecule has 0 saturated carbocycles. The molecular formula is C20H14O3. The second kappa shape index (κ2) is 5.06. The van der Waals surface area contributed by atoms with E-state index in [2.05, 4.69) is 0 Å². The molecule has 23 heavy (non-hydrogen) atoms. The minimum Gasteiger partial charge on any atom is -0.493 e. The third-order valence-corrected chi connectivity index (χ3v) is 4.20. The Bertz CT molecular complexity index is 879. The van der Waals surface area contributed by atoms with Gasteiger partial charge in [-0.2, -0.15) is 0 Å². The van der Waals surface area contributed by atoms with Gasteiger partial charge in [0.05, 0.1) is 12.2 Å². The first-order valence-electron chi connectivity index (χ1n) is 7.59. The van der Waals surface area contributed by atoms with Crippen molar-refractivity contribution in [2.45, 2.75) is 6.92 Å². The van der Waals surface area contributed by atoms with Crippen LogP contribution in [0.25, 0.3) is 11.3 Å². The molecule has 0 atom stereocenters. The SMILES string of the molecule is CCOC1=CC(=C2C(=O)c3ccccc3C2=O)c2ccccc21. The zero-order chi connectivity index (χ0) is 16.0. The third-order valence-electron chi connectivity index (χ3n) is 4.20. The number of benzene rings is 2. The molecule has 4 rings (SSSR count). The van der Waals surface area contributed by atoms with Gasteiger partial charge in [-0.3, -0.25) is 9.59 Å². The topological polar surface area (TPSA) is 43.4 Å². The summed E-state index contributed by atoms with van der Waals surface area (Å²) < 4.78 is 5.67. The van der Waals surface area contributed by atoms with E-state index in [1.165, 1.54) is 0 Å². The molecule has 0 bridgehead atoms. The molecule has 2 aromatic carbocycles. The summed E-state index contributed by atoms with van der Waals surface area (Å²) in [6.45, 7) is 2.45. The number of allylic oxidation sites excluding steroid dienone is 3. The van der Waals surface area contributed by atoms with Gasteiger partial charge in [0.25, 0.3) is 0 Å². The number of ketones is 2. The predicted molar refractivity (Wildman–Crippen MR) is 88.1 cm³/mol. The Balaban J connectivity index is 1.96. The van der Waals surface area contributed by atoms with E-state index in [0.29, 0.717) is 29.1 Å². The number of fused-ring (bicyclic) bond motifs is 2. The monoisotopic (exact) mass is 302 g/mol. The Hall–Kier alpha value is -2.94. The maximum atomic E-state index is 12.7. The van der Waals surface area contributed by atoms with Crippen molar-refractivity contribution < 1.29 is 14.3 Å². The van der Waals surface area contributed by atoms with Crippen LogP contribution in [0.2, 0.25) is 0 Å². The summed E-state index contributed by atoms with van der Waals surface area (Å²) >= 11 is 0. The second-order valence-electron chi connectivity index (χ2n) is 5.48. The number of carbonyl (C=O) groups excluding carboxylic acids is 2. The summed E-state index contributed by atoms with van der Waals surface area (Å²) in [6, 6.07) is 14.7. The van der Waals surface area contributed by atoms with Crippen LogP contribution in [-0.2, 0) is 4.74 Å². The van der Waals surface area contributed by atoms with E-state index >= 15 is 0 Å². The van der Waals surface area contributed by atoms with Gasteiger partial charge in [-0.25, -0.2) is 0 Å². The molecular weight excluding hydrogens is 288 g/mol. The Morgan fingerprint density at radius 2 is 1.30 bits per heavy atom. The molecule has 0 radical (unpaired) electrons. The highest BCUT2D eigenvalue weighted by atomic mass is 16.5. The molecule has 3 nitrogen and oxygen atoms in total. The first-order chi connectivity index (χ1) is 11.2. The fourth-order valence-corrected chi connectivity index (χ4v) is 3.20. The summed E-state index contributed by atoms with van der Waals surface area (Å²) in [5.74, 6) is 0.302. The fourth-order valence-electron chi connectivity index (χ4n) is 3.20. The van der Waals surface area contributed by atoms with Crippen LogP contribution in [0.1, 0.15) is 38.8 Å². The van der Waals surface area contributed by atoms with Gasteiger partial charge in [-0.1, -0.05) is 48.5 Å². The van der Waals surface area contributed by atoms with E-state index < -0.39 is 0 Å². The summed E-state index contributed by atoms with van der Waals surface area (Å²) in [5.41, 5.74) is 3.67. The molecule has 2 aliphatic carbocycles. The highest BCUT2D eigenvalue weighted by molar-refractivity contribution is 6.43. The van der Waals surface area contributed by atoms with Crippen molar-refractivity contribution in [2.24, 2.45) is 0 Å². The number of hydrogen-bond acceptors (Lipinski definition) is 3. The van der Waals surface area contributed by atoms with Crippen molar-refractivity contribution >= 4 is 22.9 Å². The molecule has 2 aromatic rings. The van der Waals surface area contributed by atoms with Crippen molar-refractivity contribution in [3.63, 3.8) is 0 Å². The standard InChI is InChI=1S/C20H14O3/c1-2-23-17-11-16(12-7-3-4-8-13(12)17)18-19(21)14-9-5-6-10-15(14)20(18)22/h3-11H,2H2,1H3. The zero-order valence-electron chi connectivity index (χ0n) is 12.6. The van der Waals surface area contributed by atoms with Gasteiger partial charge >= 0.3 is 0 Å². The molecule has 0 amide bonds. The van der Waals surface area contributed by atoms with Crippen LogP contribution < -0.4 is 0 Å². The van der Waals surface area contributed by atoms with Crippen molar-refractivity contribution in [3.05, 3.63) is 82.4 Å². The van der Waals surface area contributed by atoms with E-state index in [0.717, 1.165) is 11.1 Å². The molecule has 0 saturated heterocycles. The van der Waals surface area contributed by atoms with Crippen molar-refractivity contribution in [3.8, 4) is 0 Å². The molecule has 3 heteroatoms. The number of carbonyl (C=O) groups is 2. The largest absolute Gasteiger partial charge is 0.493 e. The first-order valence-corrected chi connectivity index (χ1v) is 7.59. The smallest absolute Gasteiger partial charge is 0.198 e. The third kappa shape index (κ3) is 1.90. The molecule has 2 aliphatic rings. The predicted octanol–water partition coefficient (Wildman–Crippen LogP) is 3.91. The molecule has 0 aliphatic heterocycles. The zero-order valence-corrected chi connectivity index (χ0v) is 12.6. The minimum atomic E-state index is -0.204. The fraction of sp³-hybridized carbons (Fsp3) is 0.100. The van der Waals surface area contributed by atoms with E-state index in [9.17, 15) is 9.59 Å². The minimum absolute atomic E-state index is 0.204. The Morgan fingerprint density at radius 3 is 1.87 bits per heavy atom. The van der Waals surface area contributed by atoms with Gasteiger partial charge in [0, 0.05) is 22.3 Å². The summed E-state index contributed by atoms with van der Waals surface area (Å²) in [4.78, 5) is 25.4. The lowest BCUT2D eigenvalue weighted by molar-refractivity contribution is 0.0990. The van der Waals surface area contributed by atoms with Gasteiger partial charge in [-0.15, -0.1) is 0 Å². The highest BCUT2D eigenvalue weighted by Gasteiger charge is 2.37. The normalized spacial score (nSPS) is 15.6. The van der Waals surface area contributed by atoms with Gasteiger partial charge in [0.15, 0.2) is 11.6 Å². The maximum Gasteiger partial charge on any atom is 0.198 e. The number of ether oxygens (including phenoxy) is 1. The number of hydrogen-bond donors (Lipinski definition) is 0. The van der Waals surface area contributed by atoms with Crippen molar-refractivity contribution in [1.82, 2.24) is 0 Å². The van der Waals surface area contributed by atoms with E-state index in [1.54, 1.807) is 24.3 Å². The molecule has 0 aromatic heterocycles. The summed E-state index contributed by atoms with van der Waals surface area (Å²) in [5, 5.41) is 0. The highest BCUT2D eigenvalue weighted by Crippen LogP contribution is 2.41. The van der Waals surface area contributed by atoms with Crippen LogP contribution in [0.15, 0.2) is 60.2 Å². The van der Waals surface area contributed by atoms with Gasteiger partial charge < -0.3 is 4.74 Å². The van der Waals surface area contributed by atoms with E-state index in [1.807, 2.05) is 37.3 Å². The van der Waals surface area contributed by atoms with Crippen molar-refractivity contribution in [2.75, 3.05) is 6.61 Å². The Labute approximate surface area is 133 Å². The van der Waals surface area contributed by atoms with Crippen LogP contribution in [0, 0.1) is 0 Å². The molecule has 0 heterocycles. The summed E-state index contributed by atoms with van der Waals surface area (Å²) in [7, 11) is 0. The molecule has 0 unspecified atom stereocenters.